The van der Waals surface area contributed by atoms with Crippen molar-refractivity contribution in [3.8, 4) is 0 Å². The van der Waals surface area contributed by atoms with Crippen LogP contribution in [0.15, 0.2) is 11.6 Å². The van der Waals surface area contributed by atoms with Gasteiger partial charge in [0.05, 0.1) is 6.61 Å². The molecule has 0 rings (SSSR count). The number of aliphatic hydroxyl groups excluding tert-OH is 2. The fourth-order valence-electron chi connectivity index (χ4n) is 1.53. The lowest BCUT2D eigenvalue weighted by Gasteiger charge is -2.14. The molecule has 0 bridgehead atoms. The maximum atomic E-state index is 11.9. The maximum absolute atomic E-state index is 11.9. The highest BCUT2D eigenvalue weighted by Crippen LogP contribution is 2.33. The Labute approximate surface area is 125 Å². The lowest BCUT2D eigenvalue weighted by atomic mass is 10.2. The Morgan fingerprint density at radius 1 is 1.35 bits per heavy atom. The van der Waals surface area contributed by atoms with Gasteiger partial charge in [0.2, 0.25) is 0 Å². The molecule has 0 spiro atoms. The van der Waals surface area contributed by atoms with E-state index in [-0.39, 0.29) is 24.3 Å². The fraction of sp³-hybridized carbons (Fsp3) is 0.769. The Hall–Kier alpha value is -0.290. The van der Waals surface area contributed by atoms with Gasteiger partial charge in [-0.3, -0.25) is 0 Å². The third-order valence-electron chi connectivity index (χ3n) is 2.72. The van der Waals surface area contributed by atoms with E-state index < -0.39 is 19.6 Å². The maximum Gasteiger partial charge on any atom is 0.331 e. The van der Waals surface area contributed by atoms with Gasteiger partial charge in [-0.1, -0.05) is 19.9 Å². The largest absolute Gasteiger partial charge is 0.478 e. The Morgan fingerprint density at radius 3 is 2.50 bits per heavy atom. The lowest BCUT2D eigenvalue weighted by Crippen LogP contribution is -2.13. The Kier molecular flexibility index (Phi) is 11.2. The average Bonchev–Trinajstić information content (AvgIpc) is 2.39. The number of aliphatic carboxylic acids is 1. The van der Waals surface area contributed by atoms with Crippen LogP contribution in [0.1, 0.15) is 26.7 Å². The van der Waals surface area contributed by atoms with Gasteiger partial charge in [-0.2, -0.15) is 11.8 Å². The third-order valence-corrected chi connectivity index (χ3v) is 5.82. The van der Waals surface area contributed by atoms with E-state index in [1.165, 1.54) is 0 Å². The van der Waals surface area contributed by atoms with Crippen molar-refractivity contribution in [3.05, 3.63) is 11.6 Å². The van der Waals surface area contributed by atoms with Gasteiger partial charge in [0.25, 0.3) is 0 Å². The molecule has 118 valence electrons. The zero-order valence-corrected chi connectivity index (χ0v) is 13.9. The molecule has 0 aliphatic heterocycles. The Balaban J connectivity index is 4.29. The zero-order chi connectivity index (χ0) is 15.5. The second-order valence-corrected chi connectivity index (χ2v) is 7.95. The second-order valence-electron chi connectivity index (χ2n) is 4.84. The Bertz CT molecular complexity index is 344. The van der Waals surface area contributed by atoms with Crippen LogP contribution >= 0.6 is 19.6 Å². The number of carbonyl (C=O) groups is 1. The van der Waals surface area contributed by atoms with Crippen LogP contribution in [-0.2, 0) is 9.36 Å². The molecule has 2 unspecified atom stereocenters. The van der Waals surface area contributed by atoms with Crippen molar-refractivity contribution in [2.75, 3.05) is 24.3 Å². The van der Waals surface area contributed by atoms with Crippen LogP contribution in [0.25, 0.3) is 0 Å². The SMILES string of the molecule is CC(C)C(O)[PH](=O)CC(=CCCCSCCO)C(=O)O. The summed E-state index contributed by atoms with van der Waals surface area (Å²) < 4.78 is 11.9. The minimum atomic E-state index is -2.34. The number of carboxylic acid groups (broad SMARTS) is 1. The summed E-state index contributed by atoms with van der Waals surface area (Å²) in [5.74, 6) is -0.589. The molecule has 0 fully saturated rings. The molecule has 20 heavy (non-hydrogen) atoms. The molecular weight excluding hydrogens is 299 g/mol. The number of hydrogen-bond donors (Lipinski definition) is 3. The highest BCUT2D eigenvalue weighted by Gasteiger charge is 2.20. The summed E-state index contributed by atoms with van der Waals surface area (Å²) in [6.45, 7) is 3.67. The van der Waals surface area contributed by atoms with E-state index in [9.17, 15) is 14.5 Å². The molecule has 0 aromatic carbocycles. The van der Waals surface area contributed by atoms with Crippen LogP contribution in [0.3, 0.4) is 0 Å². The number of aliphatic hydroxyl groups is 2. The summed E-state index contributed by atoms with van der Waals surface area (Å²) in [6.07, 6.45) is 2.96. The topological polar surface area (TPSA) is 94.8 Å². The molecule has 0 saturated carbocycles. The van der Waals surface area contributed by atoms with Crippen LogP contribution in [0.4, 0.5) is 0 Å². The molecule has 3 N–H and O–H groups in total. The molecule has 7 heteroatoms. The van der Waals surface area contributed by atoms with Gasteiger partial charge in [0.1, 0.15) is 13.6 Å². The number of hydrogen-bond acceptors (Lipinski definition) is 5. The van der Waals surface area contributed by atoms with E-state index in [4.69, 9.17) is 10.2 Å². The predicted octanol–water partition coefficient (Wildman–Crippen LogP) is 2.04. The van der Waals surface area contributed by atoms with Crippen molar-refractivity contribution in [3.63, 3.8) is 0 Å². The number of allylic oxidation sites excluding steroid dienone is 1. The summed E-state index contributed by atoms with van der Waals surface area (Å²) in [5.41, 5.74) is 0.126. The van der Waals surface area contributed by atoms with Crippen molar-refractivity contribution in [2.24, 2.45) is 5.92 Å². The smallest absolute Gasteiger partial charge is 0.331 e. The first-order chi connectivity index (χ1) is 9.40. The van der Waals surface area contributed by atoms with E-state index in [1.54, 1.807) is 31.7 Å². The minimum Gasteiger partial charge on any atom is -0.478 e. The summed E-state index contributed by atoms with van der Waals surface area (Å²) >= 11 is 1.61. The van der Waals surface area contributed by atoms with E-state index >= 15 is 0 Å². The molecule has 0 aromatic rings. The van der Waals surface area contributed by atoms with Gasteiger partial charge in [-0.05, 0) is 24.5 Å². The Morgan fingerprint density at radius 2 is 2.00 bits per heavy atom. The van der Waals surface area contributed by atoms with Gasteiger partial charge in [-0.15, -0.1) is 0 Å². The third kappa shape index (κ3) is 8.80. The van der Waals surface area contributed by atoms with Crippen molar-refractivity contribution in [1.29, 1.82) is 0 Å². The first-order valence-electron chi connectivity index (χ1n) is 6.71. The molecule has 0 aliphatic carbocycles. The van der Waals surface area contributed by atoms with Crippen molar-refractivity contribution < 1.29 is 24.7 Å². The summed E-state index contributed by atoms with van der Waals surface area (Å²) in [6, 6.07) is 0. The van der Waals surface area contributed by atoms with Gasteiger partial charge < -0.3 is 19.9 Å². The average molecular weight is 324 g/mol. The molecule has 2 atom stereocenters. The summed E-state index contributed by atoms with van der Waals surface area (Å²) in [7, 11) is -2.34. The van der Waals surface area contributed by atoms with Crippen molar-refractivity contribution >= 4 is 25.5 Å². The monoisotopic (exact) mass is 324 g/mol. The number of rotatable bonds is 11. The second kappa shape index (κ2) is 11.4. The molecular formula is C13H25O5PS. The van der Waals surface area contributed by atoms with E-state index in [2.05, 4.69) is 0 Å². The highest BCUT2D eigenvalue weighted by molar-refractivity contribution is 7.99. The van der Waals surface area contributed by atoms with Gasteiger partial charge in [0.15, 0.2) is 0 Å². The van der Waals surface area contributed by atoms with E-state index in [1.807, 2.05) is 0 Å². The van der Waals surface area contributed by atoms with Gasteiger partial charge in [-0.25, -0.2) is 4.79 Å². The first kappa shape index (κ1) is 19.7. The molecule has 0 aliphatic rings. The number of carboxylic acids is 1. The van der Waals surface area contributed by atoms with Crippen molar-refractivity contribution in [1.82, 2.24) is 0 Å². The summed E-state index contributed by atoms with van der Waals surface area (Å²) in [4.78, 5) is 11.1. The van der Waals surface area contributed by atoms with Gasteiger partial charge >= 0.3 is 5.97 Å². The number of thioether (sulfide) groups is 1. The standard InChI is InChI=1S/C13H25O5PS/c1-10(2)13(17)19(18)9-11(12(15)16)5-3-4-7-20-8-6-14/h5,10,13-14,17,19H,3-4,6-9H2,1-2H3,(H,15,16). The van der Waals surface area contributed by atoms with Crippen LogP contribution in [0, 0.1) is 5.92 Å². The lowest BCUT2D eigenvalue weighted by molar-refractivity contribution is -0.132. The van der Waals surface area contributed by atoms with Crippen molar-refractivity contribution in [2.45, 2.75) is 32.5 Å². The van der Waals surface area contributed by atoms with Crippen LogP contribution in [0.2, 0.25) is 0 Å². The number of unbranched alkanes of at least 4 members (excludes halogenated alkanes) is 1. The molecule has 0 amide bonds. The quantitative estimate of drug-likeness (QED) is 0.306. The van der Waals surface area contributed by atoms with Gasteiger partial charge in [0, 0.05) is 17.5 Å². The highest BCUT2D eigenvalue weighted by atomic mass is 32.2. The van der Waals surface area contributed by atoms with Crippen LogP contribution < -0.4 is 0 Å². The molecule has 0 saturated heterocycles. The molecule has 0 aromatic heterocycles. The van der Waals surface area contributed by atoms with Crippen LogP contribution in [-0.4, -0.2) is 51.4 Å². The molecule has 5 nitrogen and oxygen atoms in total. The predicted molar refractivity (Wildman–Crippen MR) is 84.1 cm³/mol. The van der Waals surface area contributed by atoms with E-state index in [0.717, 1.165) is 12.2 Å². The van der Waals surface area contributed by atoms with Crippen LogP contribution in [0.5, 0.6) is 0 Å². The molecule has 0 heterocycles. The fourth-order valence-corrected chi connectivity index (χ4v) is 3.86. The molecule has 0 radical (unpaired) electrons. The minimum absolute atomic E-state index is 0.0525. The summed E-state index contributed by atoms with van der Waals surface area (Å²) in [5, 5.41) is 27.4. The normalized spacial score (nSPS) is 15.3. The zero-order valence-electron chi connectivity index (χ0n) is 12.0. The first-order valence-corrected chi connectivity index (χ1v) is 9.56. The van der Waals surface area contributed by atoms with E-state index in [0.29, 0.717) is 12.2 Å².